The number of carbonyl (C=O) groups is 2. The summed E-state index contributed by atoms with van der Waals surface area (Å²) in [5, 5.41) is 7.09. The third-order valence-corrected chi connectivity index (χ3v) is 8.04. The van der Waals surface area contributed by atoms with E-state index >= 15 is 4.39 Å². The van der Waals surface area contributed by atoms with Crippen LogP contribution in [-0.4, -0.2) is 59.1 Å². The molecular weight excluding hydrogens is 501 g/mol. The predicted octanol–water partition coefficient (Wildman–Crippen LogP) is 4.81. The van der Waals surface area contributed by atoms with Gasteiger partial charge in [0.15, 0.2) is 5.82 Å². The first-order chi connectivity index (χ1) is 18.8. The van der Waals surface area contributed by atoms with Crippen LogP contribution >= 0.6 is 0 Å². The van der Waals surface area contributed by atoms with Gasteiger partial charge in [-0.2, -0.15) is 0 Å². The van der Waals surface area contributed by atoms with Gasteiger partial charge in [-0.05, 0) is 48.8 Å². The Morgan fingerprint density at radius 3 is 2.72 bits per heavy atom. The van der Waals surface area contributed by atoms with Gasteiger partial charge in [-0.15, -0.1) is 0 Å². The highest BCUT2D eigenvalue weighted by Crippen LogP contribution is 2.38. The summed E-state index contributed by atoms with van der Waals surface area (Å²) in [5.74, 6) is 0.357. The molecule has 1 atom stereocenters. The molecule has 208 valence electrons. The van der Waals surface area contributed by atoms with E-state index in [1.54, 1.807) is 26.2 Å². The molecule has 5 rings (SSSR count). The fraction of sp³-hybridized carbons (Fsp3) is 0.517. The fourth-order valence-corrected chi connectivity index (χ4v) is 5.72. The van der Waals surface area contributed by atoms with Crippen molar-refractivity contribution < 1.29 is 23.2 Å². The maximum atomic E-state index is 16.0. The van der Waals surface area contributed by atoms with Gasteiger partial charge < -0.3 is 24.5 Å². The summed E-state index contributed by atoms with van der Waals surface area (Å²) < 4.78 is 26.7. The summed E-state index contributed by atoms with van der Waals surface area (Å²) in [6.07, 6.45) is 6.34. The molecular formula is C29H36FN5O4. The van der Waals surface area contributed by atoms with E-state index in [9.17, 15) is 9.59 Å². The molecule has 9 nitrogen and oxygen atoms in total. The summed E-state index contributed by atoms with van der Waals surface area (Å²) in [7, 11) is 3.37. The lowest BCUT2D eigenvalue weighted by molar-refractivity contribution is -0.125. The summed E-state index contributed by atoms with van der Waals surface area (Å²) in [5.41, 5.74) is 3.13. The maximum absolute atomic E-state index is 16.0. The first-order valence-corrected chi connectivity index (χ1v) is 13.7. The Morgan fingerprint density at radius 2 is 2.00 bits per heavy atom. The lowest BCUT2D eigenvalue weighted by Crippen LogP contribution is -2.36. The van der Waals surface area contributed by atoms with Crippen molar-refractivity contribution in [2.75, 3.05) is 27.3 Å². The number of hydrogen-bond acceptors (Lipinski definition) is 6. The number of fused-ring (bicyclic) bond motifs is 1. The van der Waals surface area contributed by atoms with Gasteiger partial charge in [-0.3, -0.25) is 9.59 Å². The normalized spacial score (nSPS) is 20.7. The van der Waals surface area contributed by atoms with Crippen molar-refractivity contribution >= 4 is 28.4 Å². The number of nitrogens with one attached hydrogen (secondary N) is 2. The molecule has 2 aromatic heterocycles. The molecule has 0 radical (unpaired) electrons. The number of aryl methyl sites for hydroxylation is 1. The van der Waals surface area contributed by atoms with Gasteiger partial charge in [-0.1, -0.05) is 31.8 Å². The number of benzene rings is 1. The van der Waals surface area contributed by atoms with E-state index in [2.05, 4.69) is 22.4 Å². The molecule has 2 aliphatic rings. The second-order valence-corrected chi connectivity index (χ2v) is 10.9. The smallest absolute Gasteiger partial charge is 0.257 e. The average Bonchev–Trinajstić information content (AvgIpc) is 3.60. The van der Waals surface area contributed by atoms with Crippen LogP contribution in [0.1, 0.15) is 79.4 Å². The highest BCUT2D eigenvalue weighted by atomic mass is 19.1. The van der Waals surface area contributed by atoms with Gasteiger partial charge in [0.2, 0.25) is 5.91 Å². The number of halogens is 1. The van der Waals surface area contributed by atoms with Gasteiger partial charge in [0.25, 0.3) is 5.91 Å². The Morgan fingerprint density at radius 1 is 1.23 bits per heavy atom. The molecule has 3 heterocycles. The zero-order chi connectivity index (χ0) is 27.7. The Bertz CT molecular complexity index is 1400. The van der Waals surface area contributed by atoms with E-state index in [4.69, 9.17) is 14.2 Å². The minimum Gasteiger partial charge on any atom is -0.376 e. The monoisotopic (exact) mass is 537 g/mol. The summed E-state index contributed by atoms with van der Waals surface area (Å²) in [6.45, 7) is 4.73. The number of aromatic nitrogens is 3. The molecule has 1 unspecified atom stereocenters. The Balaban J connectivity index is 1.53. The Hall–Kier alpha value is -3.53. The maximum Gasteiger partial charge on any atom is 0.257 e. The van der Waals surface area contributed by atoms with Crippen molar-refractivity contribution in [2.45, 2.75) is 58.4 Å². The molecule has 10 heteroatoms. The van der Waals surface area contributed by atoms with Gasteiger partial charge >= 0.3 is 0 Å². The Kier molecular flexibility index (Phi) is 7.83. The summed E-state index contributed by atoms with van der Waals surface area (Å²) in [6, 6.07) is 3.02. The lowest BCUT2D eigenvalue weighted by Gasteiger charge is -2.32. The number of imidazole rings is 1. The highest BCUT2D eigenvalue weighted by molar-refractivity contribution is 6.02. The van der Waals surface area contributed by atoms with Crippen LogP contribution in [-0.2, 0) is 16.0 Å². The van der Waals surface area contributed by atoms with E-state index in [-0.39, 0.29) is 29.9 Å². The molecule has 1 fully saturated rings. The van der Waals surface area contributed by atoms with Crippen LogP contribution in [0.5, 0.6) is 0 Å². The largest absolute Gasteiger partial charge is 0.376 e. The van der Waals surface area contributed by atoms with Gasteiger partial charge in [0, 0.05) is 31.7 Å². The number of aromatic amines is 1. The topological polar surface area (TPSA) is 113 Å². The molecule has 1 aliphatic carbocycles. The third kappa shape index (κ3) is 5.34. The first-order valence-electron chi connectivity index (χ1n) is 13.7. The quantitative estimate of drug-likeness (QED) is 0.447. The van der Waals surface area contributed by atoms with Gasteiger partial charge in [-0.25, -0.2) is 9.37 Å². The van der Waals surface area contributed by atoms with E-state index in [0.29, 0.717) is 64.7 Å². The fourth-order valence-electron chi connectivity index (χ4n) is 5.72. The molecule has 3 aromatic rings. The minimum absolute atomic E-state index is 0.148. The number of ether oxygens (including phenoxy) is 1. The molecule has 2 N–H and O–H groups in total. The summed E-state index contributed by atoms with van der Waals surface area (Å²) in [4.78, 5) is 35.6. The molecule has 39 heavy (non-hydrogen) atoms. The van der Waals surface area contributed by atoms with E-state index in [0.717, 1.165) is 25.7 Å². The van der Waals surface area contributed by atoms with Crippen LogP contribution in [0, 0.1) is 17.7 Å². The van der Waals surface area contributed by atoms with Crippen LogP contribution in [0.3, 0.4) is 0 Å². The number of hydrogen-bond donors (Lipinski definition) is 2. The number of rotatable bonds is 7. The number of likely N-dealkylation sites (N-methyl/N-ethyl adjacent to an activating group) is 1. The second kappa shape index (κ2) is 11.3. The van der Waals surface area contributed by atoms with Crippen LogP contribution in [0.4, 0.5) is 4.39 Å². The summed E-state index contributed by atoms with van der Waals surface area (Å²) >= 11 is 0. The number of H-pyrrole nitrogens is 1. The SMILES string of the molecule is CCc1nocc1C(=O)NC(c1nc2c(F)c(C3=C(C(=O)N(C)C)CCOC3)ccc2[nH]1)C1CCC(C)CC1. The van der Waals surface area contributed by atoms with Gasteiger partial charge in [0.05, 0.1) is 30.5 Å². The molecule has 0 spiro atoms. The molecule has 1 aliphatic heterocycles. The third-order valence-electron chi connectivity index (χ3n) is 8.04. The molecule has 0 bridgehead atoms. The average molecular weight is 538 g/mol. The zero-order valence-corrected chi connectivity index (χ0v) is 23.0. The van der Waals surface area contributed by atoms with Gasteiger partial charge in [0.1, 0.15) is 23.2 Å². The first kappa shape index (κ1) is 27.1. The number of carbonyl (C=O) groups excluding carboxylic acids is 2. The molecule has 0 saturated heterocycles. The standard InChI is InChI=1S/C29H36FN5O4/c1-5-22-21(15-39-34-22)28(36)33-25(17-8-6-16(2)7-9-17)27-31-23-11-10-18(24(30)26(23)32-27)20-14-38-13-12-19(20)29(37)35(3)4/h10-11,15-17,25H,5-9,12-14H2,1-4H3,(H,31,32)(H,33,36). The van der Waals surface area contributed by atoms with Crippen molar-refractivity contribution in [1.29, 1.82) is 0 Å². The van der Waals surface area contributed by atoms with Crippen molar-refractivity contribution in [3.63, 3.8) is 0 Å². The number of nitrogens with zero attached hydrogens (tertiary/aromatic N) is 3. The minimum atomic E-state index is -0.505. The highest BCUT2D eigenvalue weighted by Gasteiger charge is 2.33. The van der Waals surface area contributed by atoms with Crippen LogP contribution in [0.25, 0.3) is 16.6 Å². The lowest BCUT2D eigenvalue weighted by atomic mass is 9.79. The van der Waals surface area contributed by atoms with Crippen molar-refractivity contribution in [3.05, 3.63) is 52.4 Å². The Labute approximate surface area is 227 Å². The van der Waals surface area contributed by atoms with Crippen LogP contribution in [0.2, 0.25) is 0 Å². The van der Waals surface area contributed by atoms with E-state index in [1.165, 1.54) is 11.2 Å². The van der Waals surface area contributed by atoms with E-state index < -0.39 is 11.9 Å². The molecule has 1 aromatic carbocycles. The van der Waals surface area contributed by atoms with Crippen LogP contribution in [0.15, 0.2) is 28.5 Å². The molecule has 1 saturated carbocycles. The zero-order valence-electron chi connectivity index (χ0n) is 23.0. The van der Waals surface area contributed by atoms with Crippen molar-refractivity contribution in [2.24, 2.45) is 11.8 Å². The second-order valence-electron chi connectivity index (χ2n) is 10.9. The van der Waals surface area contributed by atoms with E-state index in [1.807, 2.05) is 6.92 Å². The predicted molar refractivity (Wildman–Crippen MR) is 144 cm³/mol. The van der Waals surface area contributed by atoms with Crippen molar-refractivity contribution in [1.82, 2.24) is 25.3 Å². The molecule has 2 amide bonds. The van der Waals surface area contributed by atoms with Crippen LogP contribution < -0.4 is 5.32 Å². The van der Waals surface area contributed by atoms with Crippen molar-refractivity contribution in [3.8, 4) is 0 Å². The number of amides is 2.